The SMILES string of the molecule is CC1CCCC(NC(=O)c2ccc(S(=O)(=O)N3CCCC3)cc2)C1C. The largest absolute Gasteiger partial charge is 0.349 e. The number of hydrogen-bond donors (Lipinski definition) is 1. The van der Waals surface area contributed by atoms with Gasteiger partial charge in [0.15, 0.2) is 0 Å². The first-order valence-electron chi connectivity index (χ1n) is 9.30. The van der Waals surface area contributed by atoms with Gasteiger partial charge in [-0.3, -0.25) is 4.79 Å². The Morgan fingerprint density at radius 3 is 2.32 bits per heavy atom. The summed E-state index contributed by atoms with van der Waals surface area (Å²) >= 11 is 0. The molecular weight excluding hydrogens is 336 g/mol. The second-order valence-corrected chi connectivity index (χ2v) is 9.42. The predicted octanol–water partition coefficient (Wildman–Crippen LogP) is 3.03. The summed E-state index contributed by atoms with van der Waals surface area (Å²) in [5.74, 6) is 0.968. The Balaban J connectivity index is 1.68. The van der Waals surface area contributed by atoms with Crippen molar-refractivity contribution >= 4 is 15.9 Å². The minimum Gasteiger partial charge on any atom is -0.349 e. The molecule has 1 aliphatic carbocycles. The lowest BCUT2D eigenvalue weighted by molar-refractivity contribution is 0.0891. The predicted molar refractivity (Wildman–Crippen MR) is 97.9 cm³/mol. The monoisotopic (exact) mass is 364 g/mol. The van der Waals surface area contributed by atoms with Gasteiger partial charge in [-0.25, -0.2) is 8.42 Å². The smallest absolute Gasteiger partial charge is 0.251 e. The van der Waals surface area contributed by atoms with Gasteiger partial charge in [0.25, 0.3) is 5.91 Å². The van der Waals surface area contributed by atoms with Gasteiger partial charge in [0, 0.05) is 24.7 Å². The molecule has 2 fully saturated rings. The minimum absolute atomic E-state index is 0.115. The Kier molecular flexibility index (Phi) is 5.49. The first-order chi connectivity index (χ1) is 11.9. The maximum Gasteiger partial charge on any atom is 0.251 e. The first kappa shape index (κ1) is 18.4. The van der Waals surface area contributed by atoms with Gasteiger partial charge in [-0.1, -0.05) is 26.7 Å². The van der Waals surface area contributed by atoms with Crippen LogP contribution in [0.4, 0.5) is 0 Å². The Hall–Kier alpha value is -1.40. The number of hydrogen-bond acceptors (Lipinski definition) is 3. The van der Waals surface area contributed by atoms with E-state index in [9.17, 15) is 13.2 Å². The van der Waals surface area contributed by atoms with Crippen molar-refractivity contribution in [1.82, 2.24) is 9.62 Å². The van der Waals surface area contributed by atoms with E-state index in [4.69, 9.17) is 0 Å². The number of rotatable bonds is 4. The van der Waals surface area contributed by atoms with Crippen LogP contribution < -0.4 is 5.32 Å². The van der Waals surface area contributed by atoms with Gasteiger partial charge in [-0.15, -0.1) is 0 Å². The van der Waals surface area contributed by atoms with E-state index in [1.54, 1.807) is 24.3 Å². The summed E-state index contributed by atoms with van der Waals surface area (Å²) in [6.07, 6.45) is 5.20. The lowest BCUT2D eigenvalue weighted by Gasteiger charge is -2.34. The number of benzene rings is 1. The molecule has 1 N–H and O–H groups in total. The maximum absolute atomic E-state index is 12.5. The number of carbonyl (C=O) groups excluding carboxylic acids is 1. The highest BCUT2D eigenvalue weighted by Crippen LogP contribution is 2.29. The third-order valence-corrected chi connectivity index (χ3v) is 7.76. The highest BCUT2D eigenvalue weighted by atomic mass is 32.2. The van der Waals surface area contributed by atoms with Gasteiger partial charge in [-0.2, -0.15) is 4.31 Å². The van der Waals surface area contributed by atoms with Crippen LogP contribution in [0.25, 0.3) is 0 Å². The second-order valence-electron chi connectivity index (χ2n) is 7.48. The quantitative estimate of drug-likeness (QED) is 0.893. The van der Waals surface area contributed by atoms with E-state index < -0.39 is 10.0 Å². The molecule has 138 valence electrons. The van der Waals surface area contributed by atoms with E-state index in [0.29, 0.717) is 30.5 Å². The molecule has 0 aromatic heterocycles. The number of sulfonamides is 1. The second kappa shape index (κ2) is 7.46. The third-order valence-electron chi connectivity index (χ3n) is 5.84. The van der Waals surface area contributed by atoms with Crippen molar-refractivity contribution in [2.45, 2.75) is 56.9 Å². The molecule has 1 aliphatic heterocycles. The highest BCUT2D eigenvalue weighted by molar-refractivity contribution is 7.89. The Morgan fingerprint density at radius 2 is 1.68 bits per heavy atom. The minimum atomic E-state index is -3.42. The fraction of sp³-hybridized carbons (Fsp3) is 0.632. The van der Waals surface area contributed by atoms with Crippen LogP contribution in [0.1, 0.15) is 56.3 Å². The molecule has 3 unspecified atom stereocenters. The number of nitrogens with one attached hydrogen (secondary N) is 1. The van der Waals surface area contributed by atoms with Crippen LogP contribution >= 0.6 is 0 Å². The van der Waals surface area contributed by atoms with Crippen LogP contribution in [0.5, 0.6) is 0 Å². The average Bonchev–Trinajstić information content (AvgIpc) is 3.14. The van der Waals surface area contributed by atoms with Crippen LogP contribution in [0.2, 0.25) is 0 Å². The Morgan fingerprint density at radius 1 is 1.04 bits per heavy atom. The summed E-state index contributed by atoms with van der Waals surface area (Å²) in [6, 6.07) is 6.54. The molecule has 5 nitrogen and oxygen atoms in total. The van der Waals surface area contributed by atoms with Gasteiger partial charge < -0.3 is 5.32 Å². The van der Waals surface area contributed by atoms with Gasteiger partial charge >= 0.3 is 0 Å². The molecule has 3 rings (SSSR count). The van der Waals surface area contributed by atoms with Crippen LogP contribution in [0.3, 0.4) is 0 Å². The van der Waals surface area contributed by atoms with Crippen molar-refractivity contribution in [3.05, 3.63) is 29.8 Å². The normalized spacial score (nSPS) is 28.0. The molecule has 6 heteroatoms. The lowest BCUT2D eigenvalue weighted by Crippen LogP contribution is -2.43. The zero-order valence-electron chi connectivity index (χ0n) is 15.1. The van der Waals surface area contributed by atoms with E-state index >= 15 is 0 Å². The van der Waals surface area contributed by atoms with Crippen molar-refractivity contribution in [1.29, 1.82) is 0 Å². The topological polar surface area (TPSA) is 66.5 Å². The molecule has 0 bridgehead atoms. The fourth-order valence-electron chi connectivity index (χ4n) is 3.89. The van der Waals surface area contributed by atoms with E-state index in [0.717, 1.165) is 25.7 Å². The number of carbonyl (C=O) groups is 1. The molecule has 1 aromatic carbocycles. The van der Waals surface area contributed by atoms with Crippen molar-refractivity contribution in [2.24, 2.45) is 11.8 Å². The molecule has 3 atom stereocenters. The van der Waals surface area contributed by atoms with Crippen molar-refractivity contribution < 1.29 is 13.2 Å². The molecule has 0 radical (unpaired) electrons. The fourth-order valence-corrected chi connectivity index (χ4v) is 5.41. The van der Waals surface area contributed by atoms with Crippen LogP contribution in [-0.4, -0.2) is 37.8 Å². The molecule has 0 spiro atoms. The molecule has 25 heavy (non-hydrogen) atoms. The maximum atomic E-state index is 12.5. The summed E-state index contributed by atoms with van der Waals surface area (Å²) < 4.78 is 26.6. The lowest BCUT2D eigenvalue weighted by atomic mass is 9.78. The van der Waals surface area contributed by atoms with Crippen molar-refractivity contribution in [3.8, 4) is 0 Å². The van der Waals surface area contributed by atoms with Gasteiger partial charge in [0.2, 0.25) is 10.0 Å². The molecular formula is C19H28N2O3S. The van der Waals surface area contributed by atoms with E-state index in [2.05, 4.69) is 19.2 Å². The van der Waals surface area contributed by atoms with Crippen molar-refractivity contribution in [3.63, 3.8) is 0 Å². The Bertz CT molecular complexity index is 709. The zero-order chi connectivity index (χ0) is 18.0. The van der Waals surface area contributed by atoms with Crippen LogP contribution in [0, 0.1) is 11.8 Å². The third kappa shape index (κ3) is 3.90. The highest BCUT2D eigenvalue weighted by Gasteiger charge is 2.29. The van der Waals surface area contributed by atoms with E-state index in [1.165, 1.54) is 10.7 Å². The summed E-state index contributed by atoms with van der Waals surface area (Å²) in [5.41, 5.74) is 0.519. The summed E-state index contributed by atoms with van der Waals surface area (Å²) in [5, 5.41) is 3.13. The molecule has 1 amide bonds. The number of amides is 1. The molecule has 2 aliphatic rings. The zero-order valence-corrected chi connectivity index (χ0v) is 15.9. The molecule has 1 saturated heterocycles. The van der Waals surface area contributed by atoms with Gasteiger partial charge in [-0.05, 0) is 55.4 Å². The van der Waals surface area contributed by atoms with Crippen LogP contribution in [0.15, 0.2) is 29.2 Å². The van der Waals surface area contributed by atoms with Gasteiger partial charge in [0.1, 0.15) is 0 Å². The molecule has 1 aromatic rings. The summed E-state index contributed by atoms with van der Waals surface area (Å²) in [7, 11) is -3.42. The summed E-state index contributed by atoms with van der Waals surface area (Å²) in [6.45, 7) is 5.60. The number of nitrogens with zero attached hydrogens (tertiary/aromatic N) is 1. The van der Waals surface area contributed by atoms with Crippen molar-refractivity contribution in [2.75, 3.05) is 13.1 Å². The van der Waals surface area contributed by atoms with E-state index in [1.807, 2.05) is 0 Å². The standard InChI is InChI=1S/C19H28N2O3S/c1-14-6-5-7-18(15(14)2)20-19(22)16-8-10-17(11-9-16)25(23,24)21-12-3-4-13-21/h8-11,14-15,18H,3-7,12-13H2,1-2H3,(H,20,22). The average molecular weight is 365 g/mol. The van der Waals surface area contributed by atoms with Gasteiger partial charge in [0.05, 0.1) is 4.90 Å². The molecule has 1 heterocycles. The van der Waals surface area contributed by atoms with Crippen LogP contribution in [-0.2, 0) is 10.0 Å². The first-order valence-corrected chi connectivity index (χ1v) is 10.7. The summed E-state index contributed by atoms with van der Waals surface area (Å²) in [4.78, 5) is 12.8. The van der Waals surface area contributed by atoms with E-state index in [-0.39, 0.29) is 16.8 Å². The molecule has 1 saturated carbocycles. The Labute approximate surface area is 150 Å².